The van der Waals surface area contributed by atoms with E-state index >= 15 is 0 Å². The van der Waals surface area contributed by atoms with Crippen LogP contribution in [0.1, 0.15) is 21.7 Å². The maximum atomic E-state index is 12.6. The average Bonchev–Trinajstić information content (AvgIpc) is 3.22. The topological polar surface area (TPSA) is 68.5 Å². The molecule has 3 aromatic rings. The van der Waals surface area contributed by atoms with Gasteiger partial charge >= 0.3 is 5.97 Å². The monoisotopic (exact) mass is 383 g/mol. The highest BCUT2D eigenvalue weighted by Gasteiger charge is 2.24. The lowest BCUT2D eigenvalue weighted by molar-refractivity contribution is -0.147. The predicted molar refractivity (Wildman–Crippen MR) is 101 cm³/mol. The van der Waals surface area contributed by atoms with Gasteiger partial charge in [0, 0.05) is 17.0 Å². The fourth-order valence-corrected chi connectivity index (χ4v) is 2.74. The normalized spacial score (nSPS) is 11.6. The molecule has 0 aliphatic rings. The van der Waals surface area contributed by atoms with Crippen LogP contribution < -0.4 is 5.32 Å². The third-order valence-electron chi connectivity index (χ3n) is 3.95. The smallest absolute Gasteiger partial charge is 0.329 e. The van der Waals surface area contributed by atoms with Crippen LogP contribution in [0.3, 0.4) is 0 Å². The number of amides is 1. The number of rotatable bonds is 7. The average molecular weight is 384 g/mol. The molecule has 27 heavy (non-hydrogen) atoms. The molecule has 0 aliphatic heterocycles. The standard InChI is InChI=1S/C21H18ClNO4/c22-17-10-5-4-9-16(17)14-27-21(25)18(13-15-7-2-1-3-8-15)23-20(24)19-11-6-12-26-19/h1-12,18H,13-14H2,(H,23,24)/t18-/m1/s1. The number of hydrogen-bond acceptors (Lipinski definition) is 4. The van der Waals surface area contributed by atoms with Crippen molar-refractivity contribution in [1.29, 1.82) is 0 Å². The molecule has 1 aromatic heterocycles. The largest absolute Gasteiger partial charge is 0.459 e. The highest BCUT2D eigenvalue weighted by Crippen LogP contribution is 2.16. The molecule has 1 N–H and O–H groups in total. The van der Waals surface area contributed by atoms with Crippen LogP contribution in [0, 0.1) is 0 Å². The van der Waals surface area contributed by atoms with Crippen LogP contribution in [0.5, 0.6) is 0 Å². The first-order valence-corrected chi connectivity index (χ1v) is 8.79. The summed E-state index contributed by atoms with van der Waals surface area (Å²) in [5.74, 6) is -0.888. The van der Waals surface area contributed by atoms with Gasteiger partial charge in [0.2, 0.25) is 0 Å². The molecule has 6 heteroatoms. The molecule has 1 amide bonds. The maximum absolute atomic E-state index is 12.6. The molecule has 1 heterocycles. The van der Waals surface area contributed by atoms with Gasteiger partial charge in [-0.2, -0.15) is 0 Å². The Morgan fingerprint density at radius 3 is 2.44 bits per heavy atom. The Kier molecular flexibility index (Phi) is 6.28. The zero-order chi connectivity index (χ0) is 19.1. The summed E-state index contributed by atoms with van der Waals surface area (Å²) < 4.78 is 10.5. The van der Waals surface area contributed by atoms with E-state index in [1.807, 2.05) is 36.4 Å². The van der Waals surface area contributed by atoms with Crippen molar-refractivity contribution in [3.05, 3.63) is 94.9 Å². The first kappa shape index (κ1) is 18.7. The quantitative estimate of drug-likeness (QED) is 0.626. The van der Waals surface area contributed by atoms with Gasteiger partial charge in [0.15, 0.2) is 5.76 Å². The molecule has 3 rings (SSSR count). The van der Waals surface area contributed by atoms with Gasteiger partial charge in [-0.3, -0.25) is 4.79 Å². The van der Waals surface area contributed by atoms with Crippen molar-refractivity contribution >= 4 is 23.5 Å². The van der Waals surface area contributed by atoms with Gasteiger partial charge in [-0.05, 0) is 23.8 Å². The second kappa shape index (κ2) is 9.05. The van der Waals surface area contributed by atoms with Gasteiger partial charge in [0.25, 0.3) is 5.91 Å². The van der Waals surface area contributed by atoms with Crippen molar-refractivity contribution in [1.82, 2.24) is 5.32 Å². The lowest BCUT2D eigenvalue weighted by Gasteiger charge is -2.17. The molecule has 0 saturated heterocycles. The third kappa shape index (κ3) is 5.21. The van der Waals surface area contributed by atoms with Crippen LogP contribution >= 0.6 is 11.6 Å². The number of halogens is 1. The van der Waals surface area contributed by atoms with E-state index in [1.165, 1.54) is 12.3 Å². The van der Waals surface area contributed by atoms with E-state index in [2.05, 4.69) is 5.32 Å². The Labute approximate surface area is 161 Å². The minimum atomic E-state index is -0.854. The summed E-state index contributed by atoms with van der Waals surface area (Å²) in [4.78, 5) is 24.9. The lowest BCUT2D eigenvalue weighted by atomic mass is 10.1. The number of esters is 1. The van der Waals surface area contributed by atoms with Crippen LogP contribution in [0.4, 0.5) is 0 Å². The van der Waals surface area contributed by atoms with Crippen LogP contribution in [0.15, 0.2) is 77.4 Å². The van der Waals surface area contributed by atoms with E-state index in [4.69, 9.17) is 20.8 Å². The number of carbonyl (C=O) groups excluding carboxylic acids is 2. The Morgan fingerprint density at radius 1 is 1.00 bits per heavy atom. The SMILES string of the molecule is O=C(N[C@H](Cc1ccccc1)C(=O)OCc1ccccc1Cl)c1ccco1. The van der Waals surface area contributed by atoms with Gasteiger partial charge in [-0.15, -0.1) is 0 Å². The van der Waals surface area contributed by atoms with E-state index < -0.39 is 17.9 Å². The molecule has 5 nitrogen and oxygen atoms in total. The molecule has 0 fully saturated rings. The third-order valence-corrected chi connectivity index (χ3v) is 4.31. The second-order valence-corrected chi connectivity index (χ2v) is 6.30. The maximum Gasteiger partial charge on any atom is 0.329 e. The molecule has 138 valence electrons. The minimum absolute atomic E-state index is 0.0282. The lowest BCUT2D eigenvalue weighted by Crippen LogP contribution is -2.43. The number of furan rings is 1. The zero-order valence-electron chi connectivity index (χ0n) is 14.4. The number of benzene rings is 2. The van der Waals surface area contributed by atoms with E-state index in [9.17, 15) is 9.59 Å². The van der Waals surface area contributed by atoms with Gasteiger partial charge in [0.05, 0.1) is 6.26 Å². The number of ether oxygens (including phenoxy) is 1. The first-order chi connectivity index (χ1) is 13.1. The van der Waals surface area contributed by atoms with Gasteiger partial charge in [-0.1, -0.05) is 60.1 Å². The molecule has 0 radical (unpaired) electrons. The van der Waals surface area contributed by atoms with Crippen LogP contribution in [-0.4, -0.2) is 17.9 Å². The van der Waals surface area contributed by atoms with Crippen LogP contribution in [0.2, 0.25) is 5.02 Å². The number of carbonyl (C=O) groups is 2. The van der Waals surface area contributed by atoms with E-state index in [1.54, 1.807) is 24.3 Å². The molecular formula is C21H18ClNO4. The number of nitrogens with one attached hydrogen (secondary N) is 1. The Morgan fingerprint density at radius 2 is 1.74 bits per heavy atom. The summed E-state index contributed by atoms with van der Waals surface area (Å²) in [6.45, 7) is 0.0282. The fraction of sp³-hybridized carbons (Fsp3) is 0.143. The summed E-state index contributed by atoms with van der Waals surface area (Å²) in [5.41, 5.74) is 1.60. The molecule has 2 aromatic carbocycles. The second-order valence-electron chi connectivity index (χ2n) is 5.89. The predicted octanol–water partition coefficient (Wildman–Crippen LogP) is 4.02. The Balaban J connectivity index is 1.70. The highest BCUT2D eigenvalue weighted by atomic mass is 35.5. The van der Waals surface area contributed by atoms with Crippen molar-refractivity contribution in [3.63, 3.8) is 0 Å². The molecule has 0 spiro atoms. The molecule has 0 saturated carbocycles. The zero-order valence-corrected chi connectivity index (χ0v) is 15.2. The van der Waals surface area contributed by atoms with Gasteiger partial charge < -0.3 is 14.5 Å². The van der Waals surface area contributed by atoms with E-state index in [0.717, 1.165) is 5.56 Å². The summed E-state index contributed by atoms with van der Waals surface area (Å²) >= 11 is 6.10. The van der Waals surface area contributed by atoms with E-state index in [-0.39, 0.29) is 12.4 Å². The van der Waals surface area contributed by atoms with Crippen LogP contribution in [0.25, 0.3) is 0 Å². The molecule has 0 aliphatic carbocycles. The highest BCUT2D eigenvalue weighted by molar-refractivity contribution is 6.31. The Bertz CT molecular complexity index is 894. The van der Waals surface area contributed by atoms with Crippen molar-refractivity contribution in [3.8, 4) is 0 Å². The van der Waals surface area contributed by atoms with Crippen molar-refractivity contribution in [2.45, 2.75) is 19.1 Å². The van der Waals surface area contributed by atoms with E-state index in [0.29, 0.717) is 17.0 Å². The van der Waals surface area contributed by atoms with Crippen molar-refractivity contribution in [2.75, 3.05) is 0 Å². The van der Waals surface area contributed by atoms with Crippen molar-refractivity contribution in [2.24, 2.45) is 0 Å². The fourth-order valence-electron chi connectivity index (χ4n) is 2.55. The van der Waals surface area contributed by atoms with Gasteiger partial charge in [0.1, 0.15) is 12.6 Å². The molecule has 1 atom stereocenters. The molecular weight excluding hydrogens is 366 g/mol. The van der Waals surface area contributed by atoms with Crippen LogP contribution in [-0.2, 0) is 22.6 Å². The van der Waals surface area contributed by atoms with Crippen molar-refractivity contribution < 1.29 is 18.7 Å². The summed E-state index contributed by atoms with van der Waals surface area (Å²) in [6, 6.07) is 18.8. The summed E-state index contributed by atoms with van der Waals surface area (Å²) in [6.07, 6.45) is 1.70. The molecule has 0 unspecified atom stereocenters. The summed E-state index contributed by atoms with van der Waals surface area (Å²) in [5, 5.41) is 3.20. The minimum Gasteiger partial charge on any atom is -0.459 e. The van der Waals surface area contributed by atoms with Gasteiger partial charge in [-0.25, -0.2) is 4.79 Å². The number of hydrogen-bond donors (Lipinski definition) is 1. The first-order valence-electron chi connectivity index (χ1n) is 8.42. The Hall–Kier alpha value is -3.05. The summed E-state index contributed by atoms with van der Waals surface area (Å²) in [7, 11) is 0. The molecule has 0 bridgehead atoms.